The smallest absolute Gasteiger partial charge is 0.221 e. The summed E-state index contributed by atoms with van der Waals surface area (Å²) in [6, 6.07) is 0. The summed E-state index contributed by atoms with van der Waals surface area (Å²) in [4.78, 5) is 37.8. The van der Waals surface area contributed by atoms with Gasteiger partial charge in [-0.3, -0.25) is 14.4 Å². The molecule has 0 radical (unpaired) electrons. The van der Waals surface area contributed by atoms with Gasteiger partial charge in [0, 0.05) is 16.2 Å². The largest absolute Gasteiger partial charge is 0.500 e. The Labute approximate surface area is 166 Å². The van der Waals surface area contributed by atoms with Crippen LogP contribution in [0.15, 0.2) is 35.1 Å². The minimum absolute atomic E-state index is 0.285. The molecule has 0 aliphatic heterocycles. The number of allylic oxidation sites excluding steroid dienone is 6. The number of methoxy groups -OCH3 is 1. The van der Waals surface area contributed by atoms with E-state index in [1.54, 1.807) is 7.11 Å². The van der Waals surface area contributed by atoms with Crippen molar-refractivity contribution in [3.63, 3.8) is 0 Å². The lowest BCUT2D eigenvalue weighted by molar-refractivity contribution is -0.133. The van der Waals surface area contributed by atoms with E-state index in [9.17, 15) is 14.4 Å². The van der Waals surface area contributed by atoms with Crippen molar-refractivity contribution in [2.45, 2.75) is 53.4 Å². The Morgan fingerprint density at radius 3 is 2.32 bits per heavy atom. The fraction of sp³-hybridized carbons (Fsp3) is 0.625. The summed E-state index contributed by atoms with van der Waals surface area (Å²) in [5, 5.41) is 0. The molecule has 0 unspecified atom stereocenters. The van der Waals surface area contributed by atoms with Crippen molar-refractivity contribution < 1.29 is 19.1 Å². The van der Waals surface area contributed by atoms with E-state index < -0.39 is 5.41 Å². The van der Waals surface area contributed by atoms with Crippen LogP contribution < -0.4 is 0 Å². The van der Waals surface area contributed by atoms with Crippen LogP contribution in [-0.4, -0.2) is 24.5 Å². The highest BCUT2D eigenvalue weighted by molar-refractivity contribution is 6.64. The third kappa shape index (κ3) is 1.80. The monoisotopic (exact) mass is 380 g/mol. The molecule has 0 aromatic carbocycles. The molecule has 4 nitrogen and oxygen atoms in total. The standard InChI is InChI=1S/C24H28O4/c1-21(2)11-16-14-7-6-13-10-17(28-5)24(18(25)19(24)26)12-23(13,4)15(14)8-9-22(16,3)20(21)27/h6,8,10,14,16H,7,9,11-12H2,1-5H3/t14-,16+,22+,23+/m1/s1. The van der Waals surface area contributed by atoms with Gasteiger partial charge in [0.15, 0.2) is 5.41 Å². The molecule has 0 saturated heterocycles. The maximum atomic E-state index is 13.1. The molecule has 5 aliphatic rings. The molecule has 2 saturated carbocycles. The first-order valence-electron chi connectivity index (χ1n) is 10.3. The molecular formula is C24H28O4. The van der Waals surface area contributed by atoms with Crippen molar-refractivity contribution in [3.8, 4) is 0 Å². The number of Topliss-reactive ketones (excluding diaryl/α,β-unsaturated/α-hetero) is 3. The first-order valence-corrected chi connectivity index (χ1v) is 10.3. The van der Waals surface area contributed by atoms with Crippen molar-refractivity contribution in [1.82, 2.24) is 0 Å². The normalized spacial score (nSPS) is 42.2. The fourth-order valence-electron chi connectivity index (χ4n) is 7.09. The highest BCUT2D eigenvalue weighted by Gasteiger charge is 2.73. The van der Waals surface area contributed by atoms with E-state index in [2.05, 4.69) is 39.8 Å². The van der Waals surface area contributed by atoms with Crippen LogP contribution in [0.3, 0.4) is 0 Å². The van der Waals surface area contributed by atoms with Crippen molar-refractivity contribution >= 4 is 17.3 Å². The van der Waals surface area contributed by atoms with Gasteiger partial charge in [0.05, 0.1) is 7.11 Å². The number of hydrogen-bond acceptors (Lipinski definition) is 4. The minimum atomic E-state index is -1.07. The number of ether oxygens (including phenoxy) is 1. The van der Waals surface area contributed by atoms with E-state index in [1.807, 2.05) is 6.08 Å². The Bertz CT molecular complexity index is 932. The average Bonchev–Trinajstić information content (AvgIpc) is 3.06. The molecule has 5 aliphatic carbocycles. The number of fused-ring (bicyclic) bond motifs is 5. The van der Waals surface area contributed by atoms with Crippen LogP contribution in [0, 0.1) is 33.5 Å². The molecule has 0 bridgehead atoms. The van der Waals surface area contributed by atoms with Crippen LogP contribution in [0.4, 0.5) is 0 Å². The van der Waals surface area contributed by atoms with Crippen LogP contribution in [0.2, 0.25) is 0 Å². The Balaban J connectivity index is 1.62. The first kappa shape index (κ1) is 18.1. The summed E-state index contributed by atoms with van der Waals surface area (Å²) < 4.78 is 5.48. The highest BCUT2D eigenvalue weighted by Crippen LogP contribution is 2.67. The summed E-state index contributed by atoms with van der Waals surface area (Å²) in [7, 11) is 1.54. The van der Waals surface area contributed by atoms with Gasteiger partial charge in [-0.05, 0) is 49.2 Å². The van der Waals surface area contributed by atoms with E-state index in [1.165, 1.54) is 5.57 Å². The van der Waals surface area contributed by atoms with Gasteiger partial charge in [0.1, 0.15) is 11.5 Å². The van der Waals surface area contributed by atoms with E-state index in [0.717, 1.165) is 24.8 Å². The molecular weight excluding hydrogens is 352 g/mol. The number of carbonyl (C=O) groups is 3. The predicted molar refractivity (Wildman–Crippen MR) is 104 cm³/mol. The molecule has 28 heavy (non-hydrogen) atoms. The predicted octanol–water partition coefficient (Wildman–Crippen LogP) is 3.96. The minimum Gasteiger partial charge on any atom is -0.500 e. The maximum Gasteiger partial charge on any atom is 0.221 e. The summed E-state index contributed by atoms with van der Waals surface area (Å²) in [6.45, 7) is 8.47. The lowest BCUT2D eigenvalue weighted by Crippen LogP contribution is -2.45. The van der Waals surface area contributed by atoms with Crippen molar-refractivity contribution in [2.75, 3.05) is 7.11 Å². The van der Waals surface area contributed by atoms with E-state index in [4.69, 9.17) is 4.74 Å². The zero-order chi connectivity index (χ0) is 20.3. The molecule has 4 atom stereocenters. The lowest BCUT2D eigenvalue weighted by Gasteiger charge is -2.51. The van der Waals surface area contributed by atoms with Gasteiger partial charge in [0.2, 0.25) is 11.6 Å². The molecule has 148 valence electrons. The van der Waals surface area contributed by atoms with Crippen LogP contribution in [0.5, 0.6) is 0 Å². The average molecular weight is 380 g/mol. The third-order valence-electron chi connectivity index (χ3n) is 8.64. The van der Waals surface area contributed by atoms with E-state index >= 15 is 0 Å². The summed E-state index contributed by atoms with van der Waals surface area (Å²) in [6.07, 6.45) is 9.49. The highest BCUT2D eigenvalue weighted by atomic mass is 16.5. The van der Waals surface area contributed by atoms with Crippen LogP contribution in [0.25, 0.3) is 0 Å². The first-order chi connectivity index (χ1) is 13.0. The van der Waals surface area contributed by atoms with Gasteiger partial charge >= 0.3 is 0 Å². The van der Waals surface area contributed by atoms with Crippen molar-refractivity contribution in [1.29, 1.82) is 0 Å². The van der Waals surface area contributed by atoms with Gasteiger partial charge < -0.3 is 4.74 Å². The molecule has 4 heteroatoms. The molecule has 0 aromatic heterocycles. The van der Waals surface area contributed by atoms with Crippen LogP contribution in [-0.2, 0) is 19.1 Å². The second-order valence-corrected chi connectivity index (χ2v) is 10.6. The summed E-state index contributed by atoms with van der Waals surface area (Å²) >= 11 is 0. The number of carbonyl (C=O) groups excluding carboxylic acids is 3. The fourth-order valence-corrected chi connectivity index (χ4v) is 7.09. The number of ketones is 3. The topological polar surface area (TPSA) is 60.4 Å². The zero-order valence-corrected chi connectivity index (χ0v) is 17.3. The second kappa shape index (κ2) is 4.95. The molecule has 0 aromatic rings. The summed E-state index contributed by atoms with van der Waals surface area (Å²) in [5.74, 6) is 0.871. The zero-order valence-electron chi connectivity index (χ0n) is 17.3. The Kier molecular flexibility index (Phi) is 3.20. The summed E-state index contributed by atoms with van der Waals surface area (Å²) in [5.41, 5.74) is 0.476. The molecule has 5 rings (SSSR count). The number of rotatable bonds is 1. The molecule has 0 N–H and O–H groups in total. The third-order valence-corrected chi connectivity index (χ3v) is 8.64. The van der Waals surface area contributed by atoms with Gasteiger partial charge in [0.25, 0.3) is 0 Å². The Morgan fingerprint density at radius 2 is 1.71 bits per heavy atom. The molecule has 0 heterocycles. The Hall–Kier alpha value is -1.97. The quantitative estimate of drug-likeness (QED) is 0.392. The second-order valence-electron chi connectivity index (χ2n) is 10.6. The van der Waals surface area contributed by atoms with Crippen LogP contribution >= 0.6 is 0 Å². The molecule has 0 amide bonds. The lowest BCUT2D eigenvalue weighted by atomic mass is 9.52. The SMILES string of the molecule is COC1=CC2=CC[C@@H]3C(=CC[C@]4(C)C(=O)C(C)(C)C[C@@H]34)[C@@]2(C)CC12C(=O)C2=O. The van der Waals surface area contributed by atoms with Gasteiger partial charge in [-0.1, -0.05) is 45.4 Å². The maximum absolute atomic E-state index is 13.1. The Morgan fingerprint density at radius 1 is 1.04 bits per heavy atom. The number of hydrogen-bond donors (Lipinski definition) is 0. The van der Waals surface area contributed by atoms with E-state index in [-0.39, 0.29) is 27.8 Å². The molecule has 2 fully saturated rings. The van der Waals surface area contributed by atoms with Crippen LogP contribution in [0.1, 0.15) is 53.4 Å². The van der Waals surface area contributed by atoms with Crippen molar-refractivity contribution in [2.24, 2.45) is 33.5 Å². The van der Waals surface area contributed by atoms with Gasteiger partial charge in [-0.2, -0.15) is 0 Å². The van der Waals surface area contributed by atoms with Gasteiger partial charge in [-0.15, -0.1) is 0 Å². The van der Waals surface area contributed by atoms with Crippen molar-refractivity contribution in [3.05, 3.63) is 35.1 Å². The van der Waals surface area contributed by atoms with E-state index in [0.29, 0.717) is 29.8 Å². The van der Waals surface area contributed by atoms with Gasteiger partial charge in [-0.25, -0.2) is 0 Å². The molecule has 1 spiro atoms.